The smallest absolute Gasteiger partial charge is 0.319 e. The Kier molecular flexibility index (Phi) is 6.18. The lowest BCUT2D eigenvalue weighted by Crippen LogP contribution is -2.32. The highest BCUT2D eigenvalue weighted by Crippen LogP contribution is 2.34. The Bertz CT molecular complexity index is 1050. The van der Waals surface area contributed by atoms with E-state index in [0.29, 0.717) is 41.7 Å². The average molecular weight is 419 g/mol. The van der Waals surface area contributed by atoms with E-state index in [1.807, 2.05) is 30.3 Å². The SMILES string of the molecule is O=C(NCCOc1ccc2c(c1)OCO2)Nc1ccc(C(=O)Nc2ccccc2)cc1. The molecule has 0 aliphatic carbocycles. The Hall–Kier alpha value is -4.20. The molecule has 0 fully saturated rings. The summed E-state index contributed by atoms with van der Waals surface area (Å²) in [7, 11) is 0. The Morgan fingerprint density at radius 1 is 0.839 bits per heavy atom. The van der Waals surface area contributed by atoms with Crippen LogP contribution in [0.15, 0.2) is 72.8 Å². The van der Waals surface area contributed by atoms with Gasteiger partial charge in [0.2, 0.25) is 6.79 Å². The minimum atomic E-state index is -0.365. The molecular weight excluding hydrogens is 398 g/mol. The number of hydrogen-bond acceptors (Lipinski definition) is 5. The van der Waals surface area contributed by atoms with Crippen LogP contribution in [0.5, 0.6) is 17.2 Å². The van der Waals surface area contributed by atoms with E-state index >= 15 is 0 Å². The van der Waals surface area contributed by atoms with Crippen LogP contribution < -0.4 is 30.2 Å². The van der Waals surface area contributed by atoms with Crippen LogP contribution in [-0.4, -0.2) is 31.9 Å². The minimum absolute atomic E-state index is 0.208. The second-order valence-electron chi connectivity index (χ2n) is 6.64. The highest BCUT2D eigenvalue weighted by molar-refractivity contribution is 6.04. The third kappa shape index (κ3) is 5.45. The van der Waals surface area contributed by atoms with Crippen molar-refractivity contribution in [1.29, 1.82) is 0 Å². The van der Waals surface area contributed by atoms with Crippen LogP contribution in [0.4, 0.5) is 16.2 Å². The molecule has 158 valence electrons. The number of para-hydroxylation sites is 1. The first-order valence-corrected chi connectivity index (χ1v) is 9.71. The summed E-state index contributed by atoms with van der Waals surface area (Å²) in [4.78, 5) is 24.3. The summed E-state index contributed by atoms with van der Waals surface area (Å²) in [6.07, 6.45) is 0. The van der Waals surface area contributed by atoms with Gasteiger partial charge in [0, 0.05) is 23.0 Å². The summed E-state index contributed by atoms with van der Waals surface area (Å²) >= 11 is 0. The number of ether oxygens (including phenoxy) is 3. The number of amides is 3. The molecule has 0 saturated heterocycles. The number of benzene rings is 3. The molecule has 0 saturated carbocycles. The van der Waals surface area contributed by atoms with Crippen molar-refractivity contribution in [2.45, 2.75) is 0 Å². The molecule has 31 heavy (non-hydrogen) atoms. The summed E-state index contributed by atoms with van der Waals surface area (Å²) < 4.78 is 16.1. The summed E-state index contributed by atoms with van der Waals surface area (Å²) in [5, 5.41) is 8.24. The van der Waals surface area contributed by atoms with E-state index in [1.165, 1.54) is 0 Å². The number of urea groups is 1. The molecule has 1 aliphatic heterocycles. The fourth-order valence-electron chi connectivity index (χ4n) is 2.91. The molecule has 0 atom stereocenters. The topological polar surface area (TPSA) is 97.9 Å². The van der Waals surface area contributed by atoms with E-state index in [4.69, 9.17) is 14.2 Å². The van der Waals surface area contributed by atoms with E-state index in [1.54, 1.807) is 42.5 Å². The van der Waals surface area contributed by atoms with Gasteiger partial charge >= 0.3 is 6.03 Å². The molecule has 1 heterocycles. The maximum Gasteiger partial charge on any atom is 0.319 e. The van der Waals surface area contributed by atoms with Crippen molar-refractivity contribution >= 4 is 23.3 Å². The van der Waals surface area contributed by atoms with Crippen molar-refractivity contribution < 1.29 is 23.8 Å². The summed E-state index contributed by atoms with van der Waals surface area (Å²) in [6, 6.07) is 20.8. The second-order valence-corrected chi connectivity index (χ2v) is 6.64. The first-order valence-electron chi connectivity index (χ1n) is 9.71. The lowest BCUT2D eigenvalue weighted by atomic mass is 10.2. The van der Waals surface area contributed by atoms with E-state index in [9.17, 15) is 9.59 Å². The Balaban J connectivity index is 1.19. The highest BCUT2D eigenvalue weighted by atomic mass is 16.7. The van der Waals surface area contributed by atoms with Crippen LogP contribution >= 0.6 is 0 Å². The number of carbonyl (C=O) groups excluding carboxylic acids is 2. The number of fused-ring (bicyclic) bond motifs is 1. The van der Waals surface area contributed by atoms with Crippen molar-refractivity contribution in [1.82, 2.24) is 5.32 Å². The molecule has 0 unspecified atom stereocenters. The molecule has 1 aliphatic rings. The molecule has 4 rings (SSSR count). The van der Waals surface area contributed by atoms with Gasteiger partial charge in [0.05, 0.1) is 6.54 Å². The zero-order valence-corrected chi connectivity index (χ0v) is 16.6. The van der Waals surface area contributed by atoms with Crippen molar-refractivity contribution in [3.8, 4) is 17.2 Å². The first-order chi connectivity index (χ1) is 15.2. The number of carbonyl (C=O) groups is 2. The predicted molar refractivity (Wildman–Crippen MR) is 116 cm³/mol. The number of hydrogen-bond donors (Lipinski definition) is 3. The van der Waals surface area contributed by atoms with Gasteiger partial charge in [-0.3, -0.25) is 4.79 Å². The van der Waals surface area contributed by atoms with E-state index in [-0.39, 0.29) is 18.7 Å². The lowest BCUT2D eigenvalue weighted by Gasteiger charge is -2.10. The highest BCUT2D eigenvalue weighted by Gasteiger charge is 2.13. The molecular formula is C23H21N3O5. The molecule has 3 amide bonds. The van der Waals surface area contributed by atoms with Crippen LogP contribution in [0.2, 0.25) is 0 Å². The van der Waals surface area contributed by atoms with Crippen molar-refractivity contribution in [3.63, 3.8) is 0 Å². The number of rotatable bonds is 7. The fraction of sp³-hybridized carbons (Fsp3) is 0.130. The van der Waals surface area contributed by atoms with Crippen LogP contribution in [0.3, 0.4) is 0 Å². The fourth-order valence-corrected chi connectivity index (χ4v) is 2.91. The van der Waals surface area contributed by atoms with Gasteiger partial charge in [-0.15, -0.1) is 0 Å². The quantitative estimate of drug-likeness (QED) is 0.505. The molecule has 0 radical (unpaired) electrons. The molecule has 8 heteroatoms. The van der Waals surface area contributed by atoms with Gasteiger partial charge in [0.25, 0.3) is 5.91 Å². The molecule has 0 bridgehead atoms. The molecule has 0 spiro atoms. The van der Waals surface area contributed by atoms with Gasteiger partial charge in [0.15, 0.2) is 11.5 Å². The van der Waals surface area contributed by atoms with E-state index in [0.717, 1.165) is 5.69 Å². The molecule has 0 aromatic heterocycles. The largest absolute Gasteiger partial charge is 0.492 e. The summed E-state index contributed by atoms with van der Waals surface area (Å²) in [5.74, 6) is 1.75. The zero-order chi connectivity index (χ0) is 21.5. The van der Waals surface area contributed by atoms with Crippen LogP contribution in [-0.2, 0) is 0 Å². The van der Waals surface area contributed by atoms with Gasteiger partial charge < -0.3 is 30.2 Å². The number of nitrogens with one attached hydrogen (secondary N) is 3. The van der Waals surface area contributed by atoms with Crippen LogP contribution in [0, 0.1) is 0 Å². The monoisotopic (exact) mass is 419 g/mol. The maximum absolute atomic E-state index is 12.3. The Labute approximate surface area is 179 Å². The molecule has 3 N–H and O–H groups in total. The van der Waals surface area contributed by atoms with Crippen molar-refractivity contribution in [3.05, 3.63) is 78.4 Å². The van der Waals surface area contributed by atoms with Gasteiger partial charge in [-0.05, 0) is 48.5 Å². The summed E-state index contributed by atoms with van der Waals surface area (Å²) in [5.41, 5.74) is 1.79. The third-order valence-corrected chi connectivity index (χ3v) is 4.44. The van der Waals surface area contributed by atoms with Crippen LogP contribution in [0.25, 0.3) is 0 Å². The second kappa shape index (κ2) is 9.53. The van der Waals surface area contributed by atoms with Gasteiger partial charge in [-0.2, -0.15) is 0 Å². The lowest BCUT2D eigenvalue weighted by molar-refractivity contribution is 0.102. The number of anilines is 2. The van der Waals surface area contributed by atoms with Crippen LogP contribution in [0.1, 0.15) is 10.4 Å². The molecule has 8 nitrogen and oxygen atoms in total. The zero-order valence-electron chi connectivity index (χ0n) is 16.6. The van der Waals surface area contributed by atoms with E-state index < -0.39 is 0 Å². The Morgan fingerprint density at radius 3 is 2.39 bits per heavy atom. The van der Waals surface area contributed by atoms with E-state index in [2.05, 4.69) is 16.0 Å². The third-order valence-electron chi connectivity index (χ3n) is 4.44. The normalized spacial score (nSPS) is 11.5. The van der Waals surface area contributed by atoms with Gasteiger partial charge in [0.1, 0.15) is 12.4 Å². The van der Waals surface area contributed by atoms with Crippen molar-refractivity contribution in [2.75, 3.05) is 30.6 Å². The average Bonchev–Trinajstić information content (AvgIpc) is 3.26. The first kappa shape index (κ1) is 20.1. The molecule has 3 aromatic carbocycles. The summed E-state index contributed by atoms with van der Waals surface area (Å²) in [6.45, 7) is 0.822. The van der Waals surface area contributed by atoms with Crippen molar-refractivity contribution in [2.24, 2.45) is 0 Å². The molecule has 3 aromatic rings. The van der Waals surface area contributed by atoms with Gasteiger partial charge in [-0.1, -0.05) is 18.2 Å². The van der Waals surface area contributed by atoms with Gasteiger partial charge in [-0.25, -0.2) is 4.79 Å². The Morgan fingerprint density at radius 2 is 1.58 bits per heavy atom. The predicted octanol–water partition coefficient (Wildman–Crippen LogP) is 3.87. The standard InChI is InChI=1S/C23H21N3O5/c27-22(25-17-4-2-1-3-5-17)16-6-8-18(9-7-16)26-23(28)24-12-13-29-19-10-11-20-21(14-19)31-15-30-20/h1-11,14H,12-13,15H2,(H,25,27)(H2,24,26,28). The minimum Gasteiger partial charge on any atom is -0.492 e. The maximum atomic E-state index is 12.3.